The van der Waals surface area contributed by atoms with Gasteiger partial charge in [-0.2, -0.15) is 5.26 Å². The monoisotopic (exact) mass is 371 g/mol. The highest BCUT2D eigenvalue weighted by Crippen LogP contribution is 2.17. The quantitative estimate of drug-likeness (QED) is 0.414. The van der Waals surface area contributed by atoms with Gasteiger partial charge in [0.2, 0.25) is 0 Å². The number of carbonyl (C=O) groups is 2. The van der Waals surface area contributed by atoms with Crippen LogP contribution in [0.4, 0.5) is 5.69 Å². The summed E-state index contributed by atoms with van der Waals surface area (Å²) in [5.74, 6) is -0.791. The van der Waals surface area contributed by atoms with Crippen molar-refractivity contribution in [1.29, 1.82) is 5.26 Å². The van der Waals surface area contributed by atoms with Gasteiger partial charge >= 0.3 is 5.97 Å². The number of esters is 1. The van der Waals surface area contributed by atoms with Gasteiger partial charge in [-0.15, -0.1) is 0 Å². The Balaban J connectivity index is 2.06. The van der Waals surface area contributed by atoms with E-state index < -0.39 is 5.97 Å². The molecule has 1 aliphatic rings. The summed E-state index contributed by atoms with van der Waals surface area (Å²) in [4.78, 5) is 28.4. The third-order valence-electron chi connectivity index (χ3n) is 4.25. The summed E-state index contributed by atoms with van der Waals surface area (Å²) in [6, 6.07) is 8.72. The number of nitrogens with zero attached hydrogens (tertiary/aromatic N) is 3. The second kappa shape index (κ2) is 10.3. The number of carbonyl (C=O) groups excluding carboxylic acids is 2. The minimum absolute atomic E-state index is 0.0130. The Morgan fingerprint density at radius 2 is 2.00 bits per heavy atom. The maximum Gasteiger partial charge on any atom is 0.340 e. The van der Waals surface area contributed by atoms with Crippen molar-refractivity contribution in [3.63, 3.8) is 0 Å². The minimum atomic E-state index is -0.463. The van der Waals surface area contributed by atoms with Gasteiger partial charge in [0.15, 0.2) is 0 Å². The van der Waals surface area contributed by atoms with E-state index in [4.69, 9.17) is 10.5 Å². The number of benzene rings is 1. The molecule has 0 unspecified atom stereocenters. The average Bonchev–Trinajstić information content (AvgIpc) is 2.69. The lowest BCUT2D eigenvalue weighted by molar-refractivity contribution is -0.128. The third kappa shape index (κ3) is 5.54. The summed E-state index contributed by atoms with van der Waals surface area (Å²) in [6.45, 7) is 5.96. The maximum absolute atomic E-state index is 12.6. The molecule has 0 spiro atoms. The number of nitrogens with two attached hydrogens (primary N) is 1. The first kappa shape index (κ1) is 20.4. The fourth-order valence-corrected chi connectivity index (χ4v) is 2.82. The molecule has 3 N–H and O–H groups in total. The standard InChI is InChI=1S/C19H25N5O3/c1-2-27-19(26)16-5-3-4-6-17(16)22-14-15(13-21)18(25)24-11-9-23(8-7-20)10-12-24/h3-6,14,22H,2,7-12,20H2,1H3/b15-14-. The molecular weight excluding hydrogens is 346 g/mol. The Hall–Kier alpha value is -2.89. The molecule has 2 rings (SSSR count). The Labute approximate surface area is 159 Å². The van der Waals surface area contributed by atoms with Crippen LogP contribution in [0.5, 0.6) is 0 Å². The molecular formula is C19H25N5O3. The van der Waals surface area contributed by atoms with Crippen LogP contribution in [0.3, 0.4) is 0 Å². The minimum Gasteiger partial charge on any atom is -0.462 e. The molecule has 0 aliphatic carbocycles. The van der Waals surface area contributed by atoms with E-state index in [2.05, 4.69) is 10.2 Å². The zero-order valence-corrected chi connectivity index (χ0v) is 15.5. The van der Waals surface area contributed by atoms with Gasteiger partial charge in [-0.1, -0.05) is 12.1 Å². The maximum atomic E-state index is 12.6. The molecule has 1 fully saturated rings. The average molecular weight is 371 g/mol. The second-order valence-corrected chi connectivity index (χ2v) is 6.00. The molecule has 8 heteroatoms. The van der Waals surface area contributed by atoms with E-state index in [-0.39, 0.29) is 18.1 Å². The lowest BCUT2D eigenvalue weighted by Gasteiger charge is -2.34. The number of piperazine rings is 1. The van der Waals surface area contributed by atoms with Gasteiger partial charge < -0.3 is 20.7 Å². The van der Waals surface area contributed by atoms with Crippen LogP contribution in [-0.2, 0) is 9.53 Å². The first-order valence-corrected chi connectivity index (χ1v) is 8.95. The molecule has 1 aliphatic heterocycles. The molecule has 0 atom stereocenters. The highest BCUT2D eigenvalue weighted by atomic mass is 16.5. The van der Waals surface area contributed by atoms with E-state index in [1.165, 1.54) is 6.20 Å². The van der Waals surface area contributed by atoms with Crippen LogP contribution in [0.1, 0.15) is 17.3 Å². The molecule has 0 radical (unpaired) electrons. The van der Waals surface area contributed by atoms with Crippen LogP contribution in [0.25, 0.3) is 0 Å². The highest BCUT2D eigenvalue weighted by molar-refractivity contribution is 5.99. The Morgan fingerprint density at radius 1 is 1.30 bits per heavy atom. The molecule has 8 nitrogen and oxygen atoms in total. The van der Waals surface area contributed by atoms with Gasteiger partial charge in [-0.25, -0.2) is 4.79 Å². The van der Waals surface area contributed by atoms with E-state index in [1.807, 2.05) is 6.07 Å². The number of ether oxygens (including phenoxy) is 1. The fraction of sp³-hybridized carbons (Fsp3) is 0.421. The van der Waals surface area contributed by atoms with E-state index in [9.17, 15) is 14.9 Å². The molecule has 27 heavy (non-hydrogen) atoms. The summed E-state index contributed by atoms with van der Waals surface area (Å²) < 4.78 is 5.02. The Bertz CT molecular complexity index is 733. The fourth-order valence-electron chi connectivity index (χ4n) is 2.82. The molecule has 1 amide bonds. The van der Waals surface area contributed by atoms with Crippen LogP contribution < -0.4 is 11.1 Å². The SMILES string of the molecule is CCOC(=O)c1ccccc1N/C=C(/C#N)C(=O)N1CCN(CCN)CC1. The number of nitriles is 1. The van der Waals surface area contributed by atoms with Crippen molar-refractivity contribution in [3.05, 3.63) is 41.6 Å². The summed E-state index contributed by atoms with van der Waals surface area (Å²) >= 11 is 0. The molecule has 0 saturated carbocycles. The second-order valence-electron chi connectivity index (χ2n) is 6.00. The highest BCUT2D eigenvalue weighted by Gasteiger charge is 2.23. The molecule has 1 aromatic carbocycles. The first-order chi connectivity index (χ1) is 13.1. The van der Waals surface area contributed by atoms with Gasteiger partial charge in [-0.05, 0) is 19.1 Å². The Morgan fingerprint density at radius 3 is 2.63 bits per heavy atom. The molecule has 0 bridgehead atoms. The van der Waals surface area contributed by atoms with Gasteiger partial charge in [0.05, 0.1) is 17.9 Å². The molecule has 0 aromatic heterocycles. The smallest absolute Gasteiger partial charge is 0.340 e. The zero-order valence-electron chi connectivity index (χ0n) is 15.5. The molecule has 1 heterocycles. The van der Waals surface area contributed by atoms with Crippen LogP contribution in [0, 0.1) is 11.3 Å². The van der Waals surface area contributed by atoms with E-state index in [0.29, 0.717) is 30.9 Å². The number of para-hydroxylation sites is 1. The number of nitrogens with one attached hydrogen (secondary N) is 1. The topological polar surface area (TPSA) is 112 Å². The van der Waals surface area contributed by atoms with E-state index >= 15 is 0 Å². The third-order valence-corrected chi connectivity index (χ3v) is 4.25. The summed E-state index contributed by atoms with van der Waals surface area (Å²) in [5.41, 5.74) is 6.36. The van der Waals surface area contributed by atoms with Gasteiger partial charge in [0.1, 0.15) is 11.6 Å². The predicted molar refractivity (Wildman–Crippen MR) is 102 cm³/mol. The molecule has 1 saturated heterocycles. The van der Waals surface area contributed by atoms with Crippen LogP contribution in [0.15, 0.2) is 36.0 Å². The summed E-state index contributed by atoms with van der Waals surface area (Å²) in [5, 5.41) is 12.3. The Kier molecular flexibility index (Phi) is 7.79. The van der Waals surface area contributed by atoms with Gasteiger partial charge in [0.25, 0.3) is 5.91 Å². The van der Waals surface area contributed by atoms with Crippen LogP contribution in [0.2, 0.25) is 0 Å². The first-order valence-electron chi connectivity index (χ1n) is 8.95. The molecule has 1 aromatic rings. The van der Waals surface area contributed by atoms with E-state index in [1.54, 1.807) is 36.1 Å². The lowest BCUT2D eigenvalue weighted by atomic mass is 10.1. The van der Waals surface area contributed by atoms with Crippen LogP contribution >= 0.6 is 0 Å². The van der Waals surface area contributed by atoms with E-state index in [0.717, 1.165) is 19.6 Å². The zero-order chi connectivity index (χ0) is 19.6. The van der Waals surface area contributed by atoms with Gasteiger partial charge in [-0.3, -0.25) is 9.69 Å². The van der Waals surface area contributed by atoms with Crippen molar-refractivity contribution in [3.8, 4) is 6.07 Å². The summed E-state index contributed by atoms with van der Waals surface area (Å²) in [7, 11) is 0. The van der Waals surface area contributed by atoms with Crippen molar-refractivity contribution in [2.45, 2.75) is 6.92 Å². The normalized spacial score (nSPS) is 15.1. The van der Waals surface area contributed by atoms with Crippen molar-refractivity contribution in [2.75, 3.05) is 51.2 Å². The van der Waals surface area contributed by atoms with Crippen molar-refractivity contribution in [1.82, 2.24) is 9.80 Å². The number of anilines is 1. The predicted octanol–water partition coefficient (Wildman–Crippen LogP) is 0.786. The van der Waals surface area contributed by atoms with Crippen molar-refractivity contribution in [2.24, 2.45) is 5.73 Å². The van der Waals surface area contributed by atoms with Crippen molar-refractivity contribution < 1.29 is 14.3 Å². The largest absolute Gasteiger partial charge is 0.462 e. The number of rotatable bonds is 7. The van der Waals surface area contributed by atoms with Crippen LogP contribution in [-0.4, -0.2) is 67.6 Å². The summed E-state index contributed by atoms with van der Waals surface area (Å²) in [6.07, 6.45) is 1.34. The molecule has 144 valence electrons. The number of hydrogen-bond donors (Lipinski definition) is 2. The lowest BCUT2D eigenvalue weighted by Crippen LogP contribution is -2.50. The number of amides is 1. The van der Waals surface area contributed by atoms with Gasteiger partial charge in [0, 0.05) is 45.5 Å². The number of hydrogen-bond acceptors (Lipinski definition) is 7. The van der Waals surface area contributed by atoms with Crippen molar-refractivity contribution >= 4 is 17.6 Å².